The molecule has 0 unspecified atom stereocenters. The third kappa shape index (κ3) is 4.44. The van der Waals surface area contributed by atoms with Crippen molar-refractivity contribution in [2.75, 3.05) is 10.6 Å². The van der Waals surface area contributed by atoms with E-state index in [0.29, 0.717) is 23.7 Å². The number of aryl methyl sites for hydroxylation is 1. The third-order valence-electron chi connectivity index (χ3n) is 3.96. The van der Waals surface area contributed by atoms with Crippen molar-refractivity contribution in [3.63, 3.8) is 0 Å². The Balaban J connectivity index is 1.83. The van der Waals surface area contributed by atoms with E-state index in [2.05, 4.69) is 20.0 Å². The van der Waals surface area contributed by atoms with Crippen molar-refractivity contribution in [2.45, 2.75) is 32.2 Å². The maximum atomic E-state index is 11.7. The lowest BCUT2D eigenvalue weighted by molar-refractivity contribution is -0.118. The molecular formula is C16H20N6O2S. The summed E-state index contributed by atoms with van der Waals surface area (Å²) in [6.07, 6.45) is 4.43. The van der Waals surface area contributed by atoms with E-state index in [0.717, 1.165) is 23.5 Å². The second kappa shape index (κ2) is 7.06. The Kier molecular flexibility index (Phi) is 4.84. The van der Waals surface area contributed by atoms with E-state index >= 15 is 0 Å². The lowest BCUT2D eigenvalue weighted by atomic mass is 10.1. The van der Waals surface area contributed by atoms with Crippen molar-refractivity contribution >= 4 is 39.7 Å². The predicted octanol–water partition coefficient (Wildman–Crippen LogP) is 1.75. The number of nitrogens with two attached hydrogens (primary N) is 2. The summed E-state index contributed by atoms with van der Waals surface area (Å²) in [5.41, 5.74) is 12.9. The second-order valence-corrected chi connectivity index (χ2v) is 7.03. The van der Waals surface area contributed by atoms with Crippen LogP contribution in [0.4, 0.5) is 16.4 Å². The fraction of sp³-hybridized carbons (Fsp3) is 0.375. The molecule has 132 valence electrons. The van der Waals surface area contributed by atoms with Gasteiger partial charge in [-0.3, -0.25) is 9.59 Å². The molecule has 25 heavy (non-hydrogen) atoms. The van der Waals surface area contributed by atoms with E-state index in [-0.39, 0.29) is 5.69 Å². The molecule has 8 nitrogen and oxygen atoms in total. The molecule has 9 heteroatoms. The van der Waals surface area contributed by atoms with Crippen LogP contribution >= 0.6 is 11.5 Å². The second-order valence-electron chi connectivity index (χ2n) is 6.22. The molecule has 2 amide bonds. The van der Waals surface area contributed by atoms with Gasteiger partial charge in [-0.2, -0.15) is 4.37 Å². The van der Waals surface area contributed by atoms with Crippen molar-refractivity contribution in [1.29, 1.82) is 0 Å². The van der Waals surface area contributed by atoms with Gasteiger partial charge in [-0.25, -0.2) is 4.98 Å². The van der Waals surface area contributed by atoms with Crippen LogP contribution in [0.15, 0.2) is 18.3 Å². The predicted molar refractivity (Wildman–Crippen MR) is 96.8 cm³/mol. The van der Waals surface area contributed by atoms with Gasteiger partial charge in [0.05, 0.1) is 23.3 Å². The van der Waals surface area contributed by atoms with Gasteiger partial charge in [0.25, 0.3) is 5.91 Å². The molecule has 0 saturated heterocycles. The number of aromatic nitrogens is 2. The minimum atomic E-state index is -0.639. The number of carbonyl (C=O) groups excluding carboxylic acids is 2. The van der Waals surface area contributed by atoms with Crippen LogP contribution in [0.2, 0.25) is 0 Å². The van der Waals surface area contributed by atoms with Gasteiger partial charge < -0.3 is 22.1 Å². The molecular weight excluding hydrogens is 340 g/mol. The fourth-order valence-electron chi connectivity index (χ4n) is 2.52. The van der Waals surface area contributed by atoms with Crippen LogP contribution < -0.4 is 22.1 Å². The fourth-order valence-corrected chi connectivity index (χ4v) is 3.20. The zero-order valence-corrected chi connectivity index (χ0v) is 14.6. The van der Waals surface area contributed by atoms with Crippen molar-refractivity contribution in [2.24, 2.45) is 17.4 Å². The van der Waals surface area contributed by atoms with Crippen LogP contribution in [0.25, 0.3) is 0 Å². The van der Waals surface area contributed by atoms with Crippen LogP contribution in [0.3, 0.4) is 0 Å². The van der Waals surface area contributed by atoms with Crippen LogP contribution in [0.5, 0.6) is 0 Å². The molecule has 1 aliphatic carbocycles. The third-order valence-corrected chi connectivity index (χ3v) is 4.75. The number of nitrogens with one attached hydrogen (secondary N) is 2. The minimum Gasteiger partial charge on any atom is -0.372 e. The topological polar surface area (TPSA) is 136 Å². The Hall–Kier alpha value is -2.68. The van der Waals surface area contributed by atoms with E-state index in [9.17, 15) is 9.59 Å². The molecule has 1 fully saturated rings. The number of hydrogen-bond donors (Lipinski definition) is 4. The first-order chi connectivity index (χ1) is 11.9. The minimum absolute atomic E-state index is 0.120. The largest absolute Gasteiger partial charge is 0.372 e. The van der Waals surface area contributed by atoms with E-state index in [1.807, 2.05) is 13.0 Å². The average Bonchev–Trinajstić information content (AvgIpc) is 3.27. The SMILES string of the molecule is Cc1cc(Nc2cc(N[C@H](CC3CC3)C(N)=O)cnc2C(N)=O)sn1. The summed E-state index contributed by atoms with van der Waals surface area (Å²) in [6, 6.07) is 3.09. The molecule has 6 N–H and O–H groups in total. The number of pyridine rings is 1. The standard InChI is InChI=1S/C16H20N6O2S/c1-8-4-13(25-22-8)21-11-6-10(7-19-14(11)16(18)24)20-12(15(17)23)5-9-2-3-9/h4,6-7,9,12,20-21H,2-3,5H2,1H3,(H2,17,23)(H2,18,24)/t12-/m1/s1. The molecule has 1 atom stereocenters. The first-order valence-corrected chi connectivity index (χ1v) is 8.75. The summed E-state index contributed by atoms with van der Waals surface area (Å²) in [5.74, 6) is -0.501. The Morgan fingerprint density at radius 1 is 1.36 bits per heavy atom. The molecule has 0 aliphatic heterocycles. The van der Waals surface area contributed by atoms with Crippen molar-refractivity contribution in [3.05, 3.63) is 29.7 Å². The Morgan fingerprint density at radius 3 is 2.68 bits per heavy atom. The number of primary amides is 2. The van der Waals surface area contributed by atoms with Gasteiger partial charge in [-0.15, -0.1) is 0 Å². The normalized spacial score (nSPS) is 14.8. The van der Waals surface area contributed by atoms with Crippen LogP contribution in [0, 0.1) is 12.8 Å². The maximum absolute atomic E-state index is 11.7. The monoisotopic (exact) mass is 360 g/mol. The number of rotatable bonds is 8. The summed E-state index contributed by atoms with van der Waals surface area (Å²) < 4.78 is 4.19. The molecule has 2 heterocycles. The molecule has 2 aromatic heterocycles. The highest BCUT2D eigenvalue weighted by molar-refractivity contribution is 7.10. The zero-order valence-electron chi connectivity index (χ0n) is 13.8. The van der Waals surface area contributed by atoms with Crippen molar-refractivity contribution in [1.82, 2.24) is 9.36 Å². The van der Waals surface area contributed by atoms with Gasteiger partial charge in [0.2, 0.25) is 5.91 Å². The lowest BCUT2D eigenvalue weighted by Crippen LogP contribution is -2.36. The van der Waals surface area contributed by atoms with Gasteiger partial charge in [-0.05, 0) is 42.9 Å². The molecule has 1 aliphatic rings. The number of nitrogens with zero attached hydrogens (tertiary/aromatic N) is 2. The first-order valence-electron chi connectivity index (χ1n) is 7.98. The van der Waals surface area contributed by atoms with Gasteiger partial charge in [-0.1, -0.05) is 12.8 Å². The van der Waals surface area contributed by atoms with E-state index < -0.39 is 17.9 Å². The lowest BCUT2D eigenvalue weighted by Gasteiger charge is -2.17. The molecule has 1 saturated carbocycles. The number of hydrogen-bond acceptors (Lipinski definition) is 7. The van der Waals surface area contributed by atoms with Crippen LogP contribution in [-0.4, -0.2) is 27.2 Å². The van der Waals surface area contributed by atoms with E-state index in [1.165, 1.54) is 17.7 Å². The average molecular weight is 360 g/mol. The summed E-state index contributed by atoms with van der Waals surface area (Å²) in [6.45, 7) is 1.88. The highest BCUT2D eigenvalue weighted by Gasteiger charge is 2.28. The zero-order chi connectivity index (χ0) is 18.0. The molecule has 3 rings (SSSR count). The Bertz CT molecular complexity index is 802. The van der Waals surface area contributed by atoms with Crippen LogP contribution in [-0.2, 0) is 4.79 Å². The van der Waals surface area contributed by atoms with Gasteiger partial charge in [0.1, 0.15) is 11.0 Å². The molecule has 0 radical (unpaired) electrons. The van der Waals surface area contributed by atoms with Crippen LogP contribution in [0.1, 0.15) is 35.4 Å². The molecule has 2 aromatic rings. The summed E-state index contributed by atoms with van der Waals surface area (Å²) in [7, 11) is 0. The Morgan fingerprint density at radius 2 is 2.12 bits per heavy atom. The number of amides is 2. The van der Waals surface area contributed by atoms with Crippen molar-refractivity contribution < 1.29 is 9.59 Å². The molecule has 0 aromatic carbocycles. The van der Waals surface area contributed by atoms with Gasteiger partial charge in [0, 0.05) is 0 Å². The summed E-state index contributed by atoms with van der Waals surface area (Å²) in [4.78, 5) is 27.4. The van der Waals surface area contributed by atoms with Crippen molar-refractivity contribution in [3.8, 4) is 0 Å². The number of anilines is 3. The highest BCUT2D eigenvalue weighted by atomic mass is 32.1. The first kappa shape index (κ1) is 17.2. The smallest absolute Gasteiger partial charge is 0.269 e. The summed E-state index contributed by atoms with van der Waals surface area (Å²) in [5, 5.41) is 6.98. The van der Waals surface area contributed by atoms with E-state index in [4.69, 9.17) is 11.5 Å². The maximum Gasteiger partial charge on any atom is 0.269 e. The van der Waals surface area contributed by atoms with Gasteiger partial charge in [0.15, 0.2) is 5.69 Å². The summed E-state index contributed by atoms with van der Waals surface area (Å²) >= 11 is 1.27. The molecule has 0 bridgehead atoms. The number of carbonyl (C=O) groups is 2. The highest BCUT2D eigenvalue weighted by Crippen LogP contribution is 2.34. The van der Waals surface area contributed by atoms with Gasteiger partial charge >= 0.3 is 0 Å². The quantitative estimate of drug-likeness (QED) is 0.566. The van der Waals surface area contributed by atoms with E-state index in [1.54, 1.807) is 6.07 Å². The molecule has 0 spiro atoms. The Labute approximate surface area is 149 Å².